The van der Waals surface area contributed by atoms with Crippen molar-refractivity contribution in [3.05, 3.63) is 66.2 Å². The van der Waals surface area contributed by atoms with Gasteiger partial charge in [-0.3, -0.25) is 4.79 Å². The monoisotopic (exact) mass is 351 g/mol. The number of benzene rings is 2. The van der Waals surface area contributed by atoms with Crippen LogP contribution in [0.4, 0.5) is 5.69 Å². The summed E-state index contributed by atoms with van der Waals surface area (Å²) in [5.74, 6) is 0.439. The maximum Gasteiger partial charge on any atom is 0.233 e. The van der Waals surface area contributed by atoms with E-state index in [1.807, 2.05) is 53.4 Å². The lowest BCUT2D eigenvalue weighted by Crippen LogP contribution is -2.55. The van der Waals surface area contributed by atoms with Gasteiger partial charge >= 0.3 is 0 Å². The minimum atomic E-state index is -0.319. The molecule has 0 saturated carbocycles. The number of carbonyl (C=O) groups excluding carboxylic acids is 1. The molecule has 1 fully saturated rings. The van der Waals surface area contributed by atoms with Crippen molar-refractivity contribution in [2.45, 2.75) is 51.7 Å². The highest BCUT2D eigenvalue weighted by Crippen LogP contribution is 2.45. The standard InChI is InChI=1S/C23H29NO2/c1-3-17(4-2)21(25)16-15-20-22(18-11-7-5-8-12-18)24(23(20)26)19-13-9-6-10-14-19/h5-14,17,20-22,25H,3-4,15-16H2,1-2H3. The first-order valence-electron chi connectivity index (χ1n) is 9.78. The lowest BCUT2D eigenvalue weighted by atomic mass is 9.77. The molecule has 1 N–H and O–H groups in total. The maximum absolute atomic E-state index is 12.9. The summed E-state index contributed by atoms with van der Waals surface area (Å²) in [6.45, 7) is 4.24. The van der Waals surface area contributed by atoms with E-state index in [4.69, 9.17) is 0 Å². The van der Waals surface area contributed by atoms with Crippen LogP contribution in [0.3, 0.4) is 0 Å². The lowest BCUT2D eigenvalue weighted by molar-refractivity contribution is -0.131. The van der Waals surface area contributed by atoms with Crippen LogP contribution >= 0.6 is 0 Å². The molecule has 3 atom stereocenters. The second kappa shape index (κ2) is 8.50. The molecule has 0 spiro atoms. The molecule has 1 aliphatic heterocycles. The number of nitrogens with zero attached hydrogens (tertiary/aromatic N) is 1. The number of hydrogen-bond acceptors (Lipinski definition) is 2. The molecular formula is C23H29NO2. The molecule has 3 heteroatoms. The van der Waals surface area contributed by atoms with E-state index >= 15 is 0 Å². The summed E-state index contributed by atoms with van der Waals surface area (Å²) in [5, 5.41) is 10.5. The third-order valence-corrected chi connectivity index (χ3v) is 5.76. The van der Waals surface area contributed by atoms with Gasteiger partial charge in [-0.15, -0.1) is 0 Å². The molecule has 2 aromatic carbocycles. The van der Waals surface area contributed by atoms with Crippen molar-refractivity contribution in [1.29, 1.82) is 0 Å². The third-order valence-electron chi connectivity index (χ3n) is 5.76. The number of amides is 1. The molecule has 0 bridgehead atoms. The molecule has 138 valence electrons. The fourth-order valence-electron chi connectivity index (χ4n) is 4.16. The summed E-state index contributed by atoms with van der Waals surface area (Å²) in [6, 6.07) is 20.2. The Balaban J connectivity index is 1.78. The molecule has 1 amide bonds. The normalized spacial score (nSPS) is 20.9. The molecular weight excluding hydrogens is 322 g/mol. The van der Waals surface area contributed by atoms with E-state index in [1.165, 1.54) is 0 Å². The van der Waals surface area contributed by atoms with Gasteiger partial charge in [0.05, 0.1) is 18.1 Å². The van der Waals surface area contributed by atoms with Crippen LogP contribution in [0.1, 0.15) is 51.1 Å². The van der Waals surface area contributed by atoms with Crippen molar-refractivity contribution in [3.63, 3.8) is 0 Å². The zero-order chi connectivity index (χ0) is 18.5. The molecule has 2 aromatic rings. The van der Waals surface area contributed by atoms with E-state index in [0.717, 1.165) is 30.5 Å². The fraction of sp³-hybridized carbons (Fsp3) is 0.435. The molecule has 0 aromatic heterocycles. The van der Waals surface area contributed by atoms with E-state index in [2.05, 4.69) is 26.0 Å². The smallest absolute Gasteiger partial charge is 0.233 e. The van der Waals surface area contributed by atoms with Crippen molar-refractivity contribution in [2.75, 3.05) is 4.90 Å². The molecule has 26 heavy (non-hydrogen) atoms. The van der Waals surface area contributed by atoms with Crippen molar-refractivity contribution < 1.29 is 9.90 Å². The number of carbonyl (C=O) groups is 1. The maximum atomic E-state index is 12.9. The van der Waals surface area contributed by atoms with Crippen LogP contribution in [0.2, 0.25) is 0 Å². The topological polar surface area (TPSA) is 40.5 Å². The van der Waals surface area contributed by atoms with Gasteiger partial charge in [0.15, 0.2) is 0 Å². The molecule has 3 nitrogen and oxygen atoms in total. The Kier molecular flexibility index (Phi) is 6.10. The number of aliphatic hydroxyl groups excluding tert-OH is 1. The predicted molar refractivity (Wildman–Crippen MR) is 106 cm³/mol. The van der Waals surface area contributed by atoms with E-state index < -0.39 is 0 Å². The Morgan fingerprint density at radius 2 is 1.54 bits per heavy atom. The summed E-state index contributed by atoms with van der Waals surface area (Å²) >= 11 is 0. The van der Waals surface area contributed by atoms with E-state index in [9.17, 15) is 9.90 Å². The summed E-state index contributed by atoms with van der Waals surface area (Å²) in [6.07, 6.45) is 3.07. The number of hydrogen-bond donors (Lipinski definition) is 1. The Morgan fingerprint density at radius 1 is 0.962 bits per heavy atom. The zero-order valence-electron chi connectivity index (χ0n) is 15.7. The van der Waals surface area contributed by atoms with Gasteiger partial charge in [0, 0.05) is 5.69 Å². The number of para-hydroxylation sites is 1. The van der Waals surface area contributed by atoms with Gasteiger partial charge in [0.25, 0.3) is 0 Å². The second-order valence-electron chi connectivity index (χ2n) is 7.23. The lowest BCUT2D eigenvalue weighted by Gasteiger charge is -2.48. The molecule has 1 saturated heterocycles. The van der Waals surface area contributed by atoms with Crippen molar-refractivity contribution >= 4 is 11.6 Å². The second-order valence-corrected chi connectivity index (χ2v) is 7.23. The fourth-order valence-corrected chi connectivity index (χ4v) is 4.16. The Morgan fingerprint density at radius 3 is 2.12 bits per heavy atom. The number of β-lactam (4-membered cyclic amide) rings is 1. The Hall–Kier alpha value is -2.13. The predicted octanol–water partition coefficient (Wildman–Crippen LogP) is 4.97. The van der Waals surface area contributed by atoms with Gasteiger partial charge < -0.3 is 10.0 Å². The zero-order valence-corrected chi connectivity index (χ0v) is 15.7. The molecule has 0 aliphatic carbocycles. The summed E-state index contributed by atoms with van der Waals surface area (Å²) < 4.78 is 0. The Labute approximate surface area is 156 Å². The van der Waals surface area contributed by atoms with Gasteiger partial charge in [0.2, 0.25) is 5.91 Å². The number of rotatable bonds is 8. The first kappa shape index (κ1) is 18.7. The minimum Gasteiger partial charge on any atom is -0.393 e. The highest BCUT2D eigenvalue weighted by atomic mass is 16.3. The van der Waals surface area contributed by atoms with Gasteiger partial charge in [-0.05, 0) is 36.5 Å². The van der Waals surface area contributed by atoms with Gasteiger partial charge in [-0.2, -0.15) is 0 Å². The van der Waals surface area contributed by atoms with Gasteiger partial charge in [-0.1, -0.05) is 75.2 Å². The minimum absolute atomic E-state index is 0.0541. The highest BCUT2D eigenvalue weighted by molar-refractivity contribution is 6.03. The first-order valence-corrected chi connectivity index (χ1v) is 9.78. The van der Waals surface area contributed by atoms with Crippen molar-refractivity contribution in [1.82, 2.24) is 0 Å². The molecule has 3 rings (SSSR count). The van der Waals surface area contributed by atoms with Crippen LogP contribution in [-0.2, 0) is 4.79 Å². The van der Waals surface area contributed by atoms with Crippen LogP contribution < -0.4 is 4.90 Å². The largest absolute Gasteiger partial charge is 0.393 e. The number of anilines is 1. The van der Waals surface area contributed by atoms with Crippen LogP contribution in [0.25, 0.3) is 0 Å². The average molecular weight is 351 g/mol. The number of aliphatic hydroxyl groups is 1. The molecule has 3 unspecified atom stereocenters. The molecule has 0 radical (unpaired) electrons. The average Bonchev–Trinajstić information content (AvgIpc) is 2.68. The summed E-state index contributed by atoms with van der Waals surface area (Å²) in [5.41, 5.74) is 2.11. The highest BCUT2D eigenvalue weighted by Gasteiger charge is 2.48. The van der Waals surface area contributed by atoms with E-state index in [-0.39, 0.29) is 24.0 Å². The van der Waals surface area contributed by atoms with Gasteiger partial charge in [-0.25, -0.2) is 0 Å². The third kappa shape index (κ3) is 3.68. The summed E-state index contributed by atoms with van der Waals surface area (Å²) in [4.78, 5) is 14.8. The van der Waals surface area contributed by atoms with Crippen LogP contribution in [0, 0.1) is 11.8 Å². The first-order chi connectivity index (χ1) is 12.7. The summed E-state index contributed by atoms with van der Waals surface area (Å²) in [7, 11) is 0. The van der Waals surface area contributed by atoms with Crippen LogP contribution in [-0.4, -0.2) is 17.1 Å². The quantitative estimate of drug-likeness (QED) is 0.682. The SMILES string of the molecule is CCC(CC)C(O)CCC1C(=O)N(c2ccccc2)C1c1ccccc1. The van der Waals surface area contributed by atoms with Crippen LogP contribution in [0.15, 0.2) is 60.7 Å². The van der Waals surface area contributed by atoms with Crippen LogP contribution in [0.5, 0.6) is 0 Å². The molecule has 1 heterocycles. The van der Waals surface area contributed by atoms with Crippen molar-refractivity contribution in [3.8, 4) is 0 Å². The van der Waals surface area contributed by atoms with Crippen molar-refractivity contribution in [2.24, 2.45) is 11.8 Å². The Bertz CT molecular complexity index is 697. The van der Waals surface area contributed by atoms with E-state index in [0.29, 0.717) is 12.3 Å². The van der Waals surface area contributed by atoms with Gasteiger partial charge in [0.1, 0.15) is 0 Å². The molecule has 1 aliphatic rings. The van der Waals surface area contributed by atoms with E-state index in [1.54, 1.807) is 0 Å².